The average molecular weight is 532 g/mol. The van der Waals surface area contributed by atoms with E-state index in [0.717, 1.165) is 40.2 Å². The van der Waals surface area contributed by atoms with E-state index >= 15 is 0 Å². The smallest absolute Gasteiger partial charge is 0.313 e. The molecule has 3 aromatic heterocycles. The van der Waals surface area contributed by atoms with Gasteiger partial charge in [0.2, 0.25) is 0 Å². The molecule has 38 heavy (non-hydrogen) atoms. The van der Waals surface area contributed by atoms with Crippen molar-refractivity contribution in [3.63, 3.8) is 0 Å². The fraction of sp³-hybridized carbons (Fsp3) is 0.393. The third-order valence-electron chi connectivity index (χ3n) is 7.11. The van der Waals surface area contributed by atoms with Crippen molar-refractivity contribution in [3.05, 3.63) is 53.4 Å². The molecule has 3 atom stereocenters. The lowest BCUT2D eigenvalue weighted by Crippen LogP contribution is -2.46. The summed E-state index contributed by atoms with van der Waals surface area (Å²) >= 11 is 1.72. The second-order valence-corrected chi connectivity index (χ2v) is 11.6. The number of amides is 2. The first-order valence-electron chi connectivity index (χ1n) is 12.9. The van der Waals surface area contributed by atoms with Crippen LogP contribution in [0.5, 0.6) is 0 Å². The fourth-order valence-corrected chi connectivity index (χ4v) is 6.24. The maximum Gasteiger partial charge on any atom is 0.313 e. The number of thiazole rings is 1. The summed E-state index contributed by atoms with van der Waals surface area (Å²) in [5.74, 6) is -0.297. The number of likely N-dealkylation sites (N-methyl/N-ethyl adjacent to an activating group) is 1. The molecule has 1 aliphatic rings. The van der Waals surface area contributed by atoms with Crippen LogP contribution in [0.2, 0.25) is 0 Å². The molecule has 0 bridgehead atoms. The molecule has 5 rings (SSSR count). The molecule has 0 unspecified atom stereocenters. The number of anilines is 2. The van der Waals surface area contributed by atoms with E-state index in [-0.39, 0.29) is 6.04 Å². The van der Waals surface area contributed by atoms with E-state index in [4.69, 9.17) is 10.7 Å². The molecule has 198 valence electrons. The number of hydrogen-bond acceptors (Lipinski definition) is 8. The number of nitrogens with zero attached hydrogens (tertiary/aromatic N) is 5. The second-order valence-electron chi connectivity index (χ2n) is 10.5. The number of fused-ring (bicyclic) bond motifs is 2. The largest absolute Gasteiger partial charge is 0.383 e. The Morgan fingerprint density at radius 2 is 2.03 bits per heavy atom. The summed E-state index contributed by atoms with van der Waals surface area (Å²) in [6.45, 7) is 5.75. The molecule has 1 saturated heterocycles. The maximum absolute atomic E-state index is 13.5. The topological polar surface area (TPSA) is 117 Å². The number of rotatable bonds is 5. The van der Waals surface area contributed by atoms with Gasteiger partial charge in [-0.15, -0.1) is 11.3 Å². The monoisotopic (exact) mass is 531 g/mol. The van der Waals surface area contributed by atoms with Crippen LogP contribution in [0, 0.1) is 5.92 Å². The Morgan fingerprint density at radius 3 is 2.82 bits per heavy atom. The molecule has 2 amide bonds. The van der Waals surface area contributed by atoms with Crippen molar-refractivity contribution in [3.8, 4) is 0 Å². The van der Waals surface area contributed by atoms with Crippen molar-refractivity contribution in [2.45, 2.75) is 38.6 Å². The molecule has 3 N–H and O–H groups in total. The number of benzene rings is 1. The molecular weight excluding hydrogens is 498 g/mol. The SMILES string of the molecule is C[C@H]1CC[C@H](c2ccc3sc([C@H](C)CN(C)C)nc3c2)N(C(=O)C(=O)Nc2cncc3c(N)nccc23)C1. The molecule has 1 aliphatic heterocycles. The molecule has 4 aromatic rings. The van der Waals surface area contributed by atoms with Crippen LogP contribution in [-0.4, -0.2) is 63.8 Å². The van der Waals surface area contributed by atoms with Gasteiger partial charge in [0.1, 0.15) is 5.82 Å². The zero-order chi connectivity index (χ0) is 27.0. The Kier molecular flexibility index (Phi) is 7.27. The lowest BCUT2D eigenvalue weighted by atomic mass is 9.89. The summed E-state index contributed by atoms with van der Waals surface area (Å²) < 4.78 is 1.13. The van der Waals surface area contributed by atoms with Crippen molar-refractivity contribution in [1.82, 2.24) is 24.8 Å². The van der Waals surface area contributed by atoms with Crippen molar-refractivity contribution >= 4 is 55.6 Å². The number of carbonyl (C=O) groups excluding carboxylic acids is 2. The van der Waals surface area contributed by atoms with Crippen molar-refractivity contribution in [1.29, 1.82) is 0 Å². The Morgan fingerprint density at radius 1 is 1.21 bits per heavy atom. The number of carbonyl (C=O) groups is 2. The minimum absolute atomic E-state index is 0.191. The van der Waals surface area contributed by atoms with Crippen LogP contribution in [0.25, 0.3) is 21.0 Å². The molecule has 4 heterocycles. The Balaban J connectivity index is 1.40. The number of hydrogen-bond donors (Lipinski definition) is 2. The molecule has 0 spiro atoms. The van der Waals surface area contributed by atoms with Gasteiger partial charge < -0.3 is 20.9 Å². The van der Waals surface area contributed by atoms with Gasteiger partial charge in [0.05, 0.1) is 33.2 Å². The van der Waals surface area contributed by atoms with Crippen molar-refractivity contribution in [2.75, 3.05) is 38.2 Å². The highest BCUT2D eigenvalue weighted by atomic mass is 32.1. The molecule has 10 heteroatoms. The van der Waals surface area contributed by atoms with Crippen LogP contribution in [-0.2, 0) is 9.59 Å². The first-order valence-corrected chi connectivity index (χ1v) is 13.7. The van der Waals surface area contributed by atoms with Gasteiger partial charge in [-0.2, -0.15) is 0 Å². The van der Waals surface area contributed by atoms with Crippen LogP contribution >= 0.6 is 11.3 Å². The molecule has 1 aromatic carbocycles. The van der Waals surface area contributed by atoms with E-state index in [1.54, 1.807) is 34.7 Å². The van der Waals surface area contributed by atoms with E-state index < -0.39 is 11.8 Å². The van der Waals surface area contributed by atoms with Gasteiger partial charge in [-0.25, -0.2) is 9.97 Å². The molecule has 0 radical (unpaired) electrons. The number of pyridine rings is 2. The normalized spacial score (nSPS) is 18.7. The van der Waals surface area contributed by atoms with E-state index in [0.29, 0.717) is 40.7 Å². The maximum atomic E-state index is 13.5. The van der Waals surface area contributed by atoms with E-state index in [9.17, 15) is 9.59 Å². The van der Waals surface area contributed by atoms with Crippen LogP contribution in [0.4, 0.5) is 11.5 Å². The number of piperidine rings is 1. The zero-order valence-electron chi connectivity index (χ0n) is 22.1. The van der Waals surface area contributed by atoms with Gasteiger partial charge in [-0.3, -0.25) is 14.6 Å². The number of nitrogens with one attached hydrogen (secondary N) is 1. The van der Waals surface area contributed by atoms with Crippen LogP contribution in [0.1, 0.15) is 49.2 Å². The third-order valence-corrected chi connectivity index (χ3v) is 8.38. The van der Waals surface area contributed by atoms with Crippen LogP contribution < -0.4 is 11.1 Å². The van der Waals surface area contributed by atoms with Crippen molar-refractivity contribution < 1.29 is 9.59 Å². The summed E-state index contributed by atoms with van der Waals surface area (Å²) in [4.78, 5) is 43.8. The minimum Gasteiger partial charge on any atom is -0.383 e. The second kappa shape index (κ2) is 10.6. The highest BCUT2D eigenvalue weighted by molar-refractivity contribution is 7.18. The Bertz CT molecular complexity index is 1500. The summed E-state index contributed by atoms with van der Waals surface area (Å²) in [5.41, 5.74) is 8.34. The molecule has 0 aliphatic carbocycles. The fourth-order valence-electron chi connectivity index (χ4n) is 5.25. The van der Waals surface area contributed by atoms with E-state index in [2.05, 4.69) is 66.3 Å². The first kappa shape index (κ1) is 26.0. The third kappa shape index (κ3) is 5.19. The number of likely N-dealkylation sites (tertiary alicyclic amines) is 1. The van der Waals surface area contributed by atoms with Crippen LogP contribution in [0.3, 0.4) is 0 Å². The summed E-state index contributed by atoms with van der Waals surface area (Å²) in [7, 11) is 4.13. The molecule has 1 fully saturated rings. The minimum atomic E-state index is -0.691. The van der Waals surface area contributed by atoms with Gasteiger partial charge >= 0.3 is 11.8 Å². The van der Waals surface area contributed by atoms with Gasteiger partial charge in [0.25, 0.3) is 0 Å². The lowest BCUT2D eigenvalue weighted by molar-refractivity contribution is -0.146. The van der Waals surface area contributed by atoms with Crippen LogP contribution in [0.15, 0.2) is 42.9 Å². The van der Waals surface area contributed by atoms with Gasteiger partial charge in [-0.05, 0) is 56.6 Å². The number of nitrogens with two attached hydrogens (primary N) is 1. The summed E-state index contributed by atoms with van der Waals surface area (Å²) in [5, 5.41) is 5.18. The highest BCUT2D eigenvalue weighted by Crippen LogP contribution is 2.36. The van der Waals surface area contributed by atoms with Gasteiger partial charge in [-0.1, -0.05) is 19.9 Å². The van der Waals surface area contributed by atoms with Gasteiger partial charge in [0.15, 0.2) is 0 Å². The average Bonchev–Trinajstić information content (AvgIpc) is 3.32. The Hall–Kier alpha value is -3.63. The number of aromatic nitrogens is 3. The molecular formula is C28H33N7O2S. The van der Waals surface area contributed by atoms with Crippen molar-refractivity contribution in [2.24, 2.45) is 5.92 Å². The number of nitrogen functional groups attached to an aromatic ring is 1. The van der Waals surface area contributed by atoms with Gasteiger partial charge in [0, 0.05) is 42.2 Å². The quantitative estimate of drug-likeness (QED) is 0.366. The lowest BCUT2D eigenvalue weighted by Gasteiger charge is -2.38. The summed E-state index contributed by atoms with van der Waals surface area (Å²) in [6, 6.07) is 7.81. The zero-order valence-corrected chi connectivity index (χ0v) is 23.0. The predicted octanol–water partition coefficient (Wildman–Crippen LogP) is 4.43. The summed E-state index contributed by atoms with van der Waals surface area (Å²) in [6.07, 6.45) is 6.46. The predicted molar refractivity (Wildman–Crippen MR) is 152 cm³/mol. The Labute approximate surface area is 226 Å². The van der Waals surface area contributed by atoms with E-state index in [1.807, 2.05) is 0 Å². The first-order chi connectivity index (χ1) is 18.2. The van der Waals surface area contributed by atoms with E-state index in [1.165, 1.54) is 6.20 Å². The standard InChI is InChI=1S/C28H33N7O2S/c1-16-5-7-23(18-6-8-24-21(11-18)33-27(38-24)17(2)15-34(3)4)35(14-16)28(37)26(36)32-22-13-30-12-20-19(22)9-10-31-25(20)29/h6,8-13,16-17,23H,5,7,14-15H2,1-4H3,(H2,29,31)(H,32,36)/t16-,17+,23+/m0/s1. The molecule has 0 saturated carbocycles. The highest BCUT2D eigenvalue weighted by Gasteiger charge is 2.34. The molecule has 9 nitrogen and oxygen atoms in total.